The molecule has 0 aliphatic carbocycles. The van der Waals surface area contributed by atoms with Crippen molar-refractivity contribution in [2.75, 3.05) is 39.1 Å². The van der Waals surface area contributed by atoms with Crippen LogP contribution in [0.3, 0.4) is 0 Å². The van der Waals surface area contributed by atoms with E-state index >= 15 is 0 Å². The largest absolute Gasteiger partial charge is 0.355 e. The van der Waals surface area contributed by atoms with Crippen molar-refractivity contribution in [3.63, 3.8) is 0 Å². The van der Waals surface area contributed by atoms with Crippen LogP contribution in [0.15, 0.2) is 24.5 Å². The summed E-state index contributed by atoms with van der Waals surface area (Å²) in [6.07, 6.45) is 3.22. The molecule has 0 spiro atoms. The third-order valence-electron chi connectivity index (χ3n) is 3.13. The minimum Gasteiger partial charge on any atom is -0.355 e. The van der Waals surface area contributed by atoms with Crippen LogP contribution in [-0.4, -0.2) is 64.1 Å². The monoisotopic (exact) mass is 310 g/mol. The first-order valence-corrected chi connectivity index (χ1v) is 7.84. The van der Waals surface area contributed by atoms with Gasteiger partial charge < -0.3 is 15.1 Å². The van der Waals surface area contributed by atoms with Crippen LogP contribution < -0.4 is 5.32 Å². The summed E-state index contributed by atoms with van der Waals surface area (Å²) in [6, 6.07) is 3.39. The molecule has 1 saturated heterocycles. The van der Waals surface area contributed by atoms with Gasteiger partial charge in [-0.3, -0.25) is 9.78 Å². The second-order valence-electron chi connectivity index (χ2n) is 4.59. The molecule has 0 unspecified atom stereocenters. The maximum absolute atomic E-state index is 11.8. The van der Waals surface area contributed by atoms with Crippen LogP contribution in [0.5, 0.6) is 0 Å². The summed E-state index contributed by atoms with van der Waals surface area (Å²) in [6.45, 7) is 3.98. The van der Waals surface area contributed by atoms with E-state index in [4.69, 9.17) is 12.2 Å². The number of rotatable bonds is 3. The second-order valence-corrected chi connectivity index (χ2v) is 6.20. The van der Waals surface area contributed by atoms with Crippen molar-refractivity contribution >= 4 is 34.2 Å². The smallest absolute Gasteiger partial charge is 0.252 e. The lowest BCUT2D eigenvalue weighted by atomic mass is 10.2. The Hall–Kier alpha value is -1.18. The number of hydrogen-bond acceptors (Lipinski definition) is 5. The molecule has 2 heterocycles. The van der Waals surface area contributed by atoms with Crippen LogP contribution in [0.1, 0.15) is 10.4 Å². The zero-order valence-corrected chi connectivity index (χ0v) is 13.0. The Balaban J connectivity index is 1.70. The summed E-state index contributed by atoms with van der Waals surface area (Å²) in [5.74, 6) is 0.396. The van der Waals surface area contributed by atoms with E-state index < -0.39 is 0 Å². The van der Waals surface area contributed by atoms with Crippen LogP contribution in [0.2, 0.25) is 0 Å². The molecule has 20 heavy (non-hydrogen) atoms. The number of piperazine rings is 1. The molecular weight excluding hydrogens is 292 g/mol. The number of thiocarbonyl (C=S) groups is 1. The van der Waals surface area contributed by atoms with Gasteiger partial charge in [0.25, 0.3) is 5.91 Å². The van der Waals surface area contributed by atoms with Gasteiger partial charge in [-0.05, 0) is 19.2 Å². The van der Waals surface area contributed by atoms with E-state index in [1.54, 1.807) is 24.5 Å². The van der Waals surface area contributed by atoms with Gasteiger partial charge in [-0.25, -0.2) is 0 Å². The number of carbonyl (C=O) groups excluding carboxylic acids is 1. The molecule has 0 atom stereocenters. The summed E-state index contributed by atoms with van der Waals surface area (Å²) in [4.78, 5) is 20.2. The topological polar surface area (TPSA) is 48.5 Å². The molecule has 5 nitrogen and oxygen atoms in total. The van der Waals surface area contributed by atoms with E-state index in [0.717, 1.165) is 30.5 Å². The van der Waals surface area contributed by atoms with E-state index in [1.165, 1.54) is 11.8 Å². The zero-order valence-electron chi connectivity index (χ0n) is 11.4. The Bertz CT molecular complexity index is 461. The number of likely N-dealkylation sites (N-methyl/N-ethyl adjacent to an activating group) is 1. The summed E-state index contributed by atoms with van der Waals surface area (Å²) in [7, 11) is 2.11. The van der Waals surface area contributed by atoms with E-state index in [0.29, 0.717) is 11.4 Å². The van der Waals surface area contributed by atoms with Gasteiger partial charge in [0.1, 0.15) is 4.32 Å². The molecular formula is C13H18N4OS2. The fraction of sp³-hybridized carbons (Fsp3) is 0.462. The molecule has 1 aromatic rings. The number of aromatic nitrogens is 1. The number of pyridine rings is 1. The standard InChI is InChI=1S/C13H18N4OS2/c1-16-6-8-17(9-7-16)13(19)20-10-15-12(18)11-2-4-14-5-3-11/h2-5H,6-10H2,1H3,(H,15,18). The summed E-state index contributed by atoms with van der Waals surface area (Å²) in [5, 5.41) is 2.85. The lowest BCUT2D eigenvalue weighted by molar-refractivity contribution is 0.0961. The van der Waals surface area contributed by atoms with Crippen molar-refractivity contribution in [1.82, 2.24) is 20.1 Å². The van der Waals surface area contributed by atoms with Crippen molar-refractivity contribution < 1.29 is 4.79 Å². The fourth-order valence-electron chi connectivity index (χ4n) is 1.85. The van der Waals surface area contributed by atoms with Gasteiger partial charge in [0.2, 0.25) is 0 Å². The molecule has 1 amide bonds. The molecule has 0 saturated carbocycles. The minimum atomic E-state index is -0.0962. The first kappa shape index (κ1) is 15.2. The molecule has 1 aliphatic rings. The molecule has 1 aliphatic heterocycles. The van der Waals surface area contributed by atoms with Crippen LogP contribution in [-0.2, 0) is 0 Å². The number of hydrogen-bond donors (Lipinski definition) is 1. The summed E-state index contributed by atoms with van der Waals surface area (Å²) < 4.78 is 0.855. The van der Waals surface area contributed by atoms with Crippen molar-refractivity contribution in [1.29, 1.82) is 0 Å². The molecule has 0 radical (unpaired) electrons. The zero-order chi connectivity index (χ0) is 14.4. The van der Waals surface area contributed by atoms with Gasteiger partial charge >= 0.3 is 0 Å². The molecule has 2 rings (SSSR count). The summed E-state index contributed by atoms with van der Waals surface area (Å²) >= 11 is 6.89. The van der Waals surface area contributed by atoms with Crippen LogP contribution in [0, 0.1) is 0 Å². The van der Waals surface area contributed by atoms with Crippen molar-refractivity contribution in [2.24, 2.45) is 0 Å². The molecule has 1 fully saturated rings. The second kappa shape index (κ2) is 7.56. The Labute approximate surface area is 128 Å². The van der Waals surface area contributed by atoms with E-state index in [1.807, 2.05) is 0 Å². The number of nitrogens with zero attached hydrogens (tertiary/aromatic N) is 3. The Morgan fingerprint density at radius 1 is 1.35 bits per heavy atom. The van der Waals surface area contributed by atoms with Crippen molar-refractivity contribution in [2.45, 2.75) is 0 Å². The number of nitrogens with one attached hydrogen (secondary N) is 1. The average molecular weight is 310 g/mol. The van der Waals surface area contributed by atoms with Crippen LogP contribution >= 0.6 is 24.0 Å². The number of amides is 1. The third-order valence-corrected chi connectivity index (χ3v) is 4.54. The third kappa shape index (κ3) is 4.43. The van der Waals surface area contributed by atoms with Gasteiger partial charge in [0.15, 0.2) is 0 Å². The van der Waals surface area contributed by atoms with Gasteiger partial charge in [-0.1, -0.05) is 24.0 Å². The van der Waals surface area contributed by atoms with Crippen LogP contribution in [0.4, 0.5) is 0 Å². The maximum Gasteiger partial charge on any atom is 0.252 e. The Morgan fingerprint density at radius 2 is 2.00 bits per heavy atom. The number of thioether (sulfide) groups is 1. The van der Waals surface area contributed by atoms with E-state index in [9.17, 15) is 4.79 Å². The molecule has 0 aromatic carbocycles. The van der Waals surface area contributed by atoms with Crippen molar-refractivity contribution in [3.8, 4) is 0 Å². The highest BCUT2D eigenvalue weighted by Gasteiger charge is 2.16. The normalized spacial score (nSPS) is 15.9. The average Bonchev–Trinajstić information content (AvgIpc) is 2.48. The first-order valence-electron chi connectivity index (χ1n) is 6.45. The van der Waals surface area contributed by atoms with Gasteiger partial charge in [0, 0.05) is 44.1 Å². The first-order chi connectivity index (χ1) is 9.66. The molecule has 7 heteroatoms. The molecule has 1 N–H and O–H groups in total. The lowest BCUT2D eigenvalue weighted by Crippen LogP contribution is -2.46. The lowest BCUT2D eigenvalue weighted by Gasteiger charge is -2.33. The van der Waals surface area contributed by atoms with Crippen LogP contribution in [0.25, 0.3) is 0 Å². The highest BCUT2D eigenvalue weighted by Crippen LogP contribution is 2.11. The van der Waals surface area contributed by atoms with E-state index in [-0.39, 0.29) is 5.91 Å². The Morgan fingerprint density at radius 3 is 2.65 bits per heavy atom. The molecule has 0 bridgehead atoms. The highest BCUT2D eigenvalue weighted by molar-refractivity contribution is 8.22. The quantitative estimate of drug-likeness (QED) is 0.665. The predicted molar refractivity (Wildman–Crippen MR) is 85.8 cm³/mol. The van der Waals surface area contributed by atoms with Gasteiger partial charge in [0.05, 0.1) is 5.88 Å². The van der Waals surface area contributed by atoms with Gasteiger partial charge in [-0.15, -0.1) is 0 Å². The maximum atomic E-state index is 11.8. The van der Waals surface area contributed by atoms with E-state index in [2.05, 4.69) is 27.1 Å². The number of carbonyl (C=O) groups is 1. The Kier molecular flexibility index (Phi) is 5.75. The summed E-state index contributed by atoms with van der Waals surface area (Å²) in [5.41, 5.74) is 0.617. The SMILES string of the molecule is CN1CCN(C(=S)SCNC(=O)c2ccncc2)CC1. The molecule has 1 aromatic heterocycles. The molecule has 108 valence electrons. The van der Waals surface area contributed by atoms with Crippen molar-refractivity contribution in [3.05, 3.63) is 30.1 Å². The highest BCUT2D eigenvalue weighted by atomic mass is 32.2. The van der Waals surface area contributed by atoms with Gasteiger partial charge in [-0.2, -0.15) is 0 Å². The minimum absolute atomic E-state index is 0.0962. The fourth-order valence-corrected chi connectivity index (χ4v) is 2.90. The predicted octanol–water partition coefficient (Wildman–Crippen LogP) is 1.03.